The summed E-state index contributed by atoms with van der Waals surface area (Å²) < 4.78 is 0. The van der Waals surface area contributed by atoms with E-state index in [2.05, 4.69) is 0 Å². The van der Waals surface area contributed by atoms with Gasteiger partial charge in [0.25, 0.3) is 0 Å². The molecule has 0 radical (unpaired) electrons. The number of carboxylic acids is 6. The molecule has 0 saturated heterocycles. The number of aromatic carboxylic acids is 6. The second-order valence-corrected chi connectivity index (χ2v) is 17.1. The normalized spacial score (nSPS) is 11.2. The molecule has 0 bridgehead atoms. The Balaban J connectivity index is 1.45. The molecule has 10 aromatic rings. The van der Waals surface area contributed by atoms with Gasteiger partial charge in [0.1, 0.15) is 0 Å². The molecular weight excluding hydrogens is 913 g/mol. The zero-order chi connectivity index (χ0) is 50.5. The summed E-state index contributed by atoms with van der Waals surface area (Å²) in [6.07, 6.45) is 0. The van der Waals surface area contributed by atoms with Crippen LogP contribution in [0.5, 0.6) is 0 Å². The van der Waals surface area contributed by atoms with Gasteiger partial charge in [0.15, 0.2) is 0 Å². The Morgan fingerprint density at radius 3 is 0.472 bits per heavy atom. The van der Waals surface area contributed by atoms with Gasteiger partial charge < -0.3 is 30.6 Å². The molecule has 348 valence electrons. The Labute approximate surface area is 408 Å². The number of benzene rings is 10. The SMILES string of the molecule is O=C(O)c1cccc(-c2cc3c4cc(-c5cccc(C(=O)O)c5)c(-c5cccc(C(=O)O)c5)cc4c4cc(-c5cccc(C(=O)O)c5)c(-c5cccc(C(=O)O)c5)cc4c3cc2-c2cccc(C(=O)O)c2)c1. The van der Waals surface area contributed by atoms with Crippen molar-refractivity contribution in [1.82, 2.24) is 0 Å². The quantitative estimate of drug-likeness (QED) is 0.0629. The van der Waals surface area contributed by atoms with Crippen molar-refractivity contribution in [2.24, 2.45) is 0 Å². The average molecular weight is 949 g/mol. The molecule has 0 spiro atoms. The number of fused-ring (bicyclic) bond motifs is 6. The summed E-state index contributed by atoms with van der Waals surface area (Å²) in [7, 11) is 0. The number of hydrogen-bond acceptors (Lipinski definition) is 6. The summed E-state index contributed by atoms with van der Waals surface area (Å²) in [4.78, 5) is 74.6. The number of carbonyl (C=O) groups is 6. The maximum Gasteiger partial charge on any atom is 0.335 e. The first-order valence-corrected chi connectivity index (χ1v) is 22.2. The monoisotopic (exact) mass is 948 g/mol. The molecule has 6 N–H and O–H groups in total. The van der Waals surface area contributed by atoms with E-state index in [4.69, 9.17) is 0 Å². The summed E-state index contributed by atoms with van der Waals surface area (Å²) in [6, 6.07) is 49.5. The van der Waals surface area contributed by atoms with Crippen molar-refractivity contribution in [2.75, 3.05) is 0 Å². The zero-order valence-corrected chi connectivity index (χ0v) is 37.5. The van der Waals surface area contributed by atoms with Gasteiger partial charge in [-0.2, -0.15) is 0 Å². The van der Waals surface area contributed by atoms with Crippen LogP contribution in [-0.4, -0.2) is 66.5 Å². The Hall–Kier alpha value is -10.2. The van der Waals surface area contributed by atoms with Crippen molar-refractivity contribution in [3.05, 3.63) is 215 Å². The third-order valence-electron chi connectivity index (χ3n) is 12.9. The predicted molar refractivity (Wildman–Crippen MR) is 273 cm³/mol. The first kappa shape index (κ1) is 45.6. The molecule has 0 amide bonds. The number of rotatable bonds is 12. The van der Waals surface area contributed by atoms with Gasteiger partial charge in [-0.15, -0.1) is 0 Å². The minimum Gasteiger partial charge on any atom is -0.478 e. The summed E-state index contributed by atoms with van der Waals surface area (Å²) >= 11 is 0. The predicted octanol–water partition coefficient (Wildman–Crippen LogP) is 13.3. The third kappa shape index (κ3) is 8.30. The third-order valence-corrected chi connectivity index (χ3v) is 12.9. The van der Waals surface area contributed by atoms with Gasteiger partial charge in [-0.25, -0.2) is 28.8 Å². The lowest BCUT2D eigenvalue weighted by molar-refractivity contribution is 0.0686. The Bertz CT molecular complexity index is 3320. The van der Waals surface area contributed by atoms with Crippen LogP contribution in [0.15, 0.2) is 182 Å². The molecule has 72 heavy (non-hydrogen) atoms. The van der Waals surface area contributed by atoms with Crippen LogP contribution in [-0.2, 0) is 0 Å². The van der Waals surface area contributed by atoms with Crippen LogP contribution in [0, 0.1) is 0 Å². The largest absolute Gasteiger partial charge is 0.478 e. The highest BCUT2D eigenvalue weighted by molar-refractivity contribution is 6.29. The zero-order valence-electron chi connectivity index (χ0n) is 37.5. The molecule has 0 aromatic heterocycles. The smallest absolute Gasteiger partial charge is 0.335 e. The lowest BCUT2D eigenvalue weighted by Crippen LogP contribution is -1.99. The van der Waals surface area contributed by atoms with E-state index in [0.717, 1.165) is 0 Å². The Kier molecular flexibility index (Phi) is 11.4. The van der Waals surface area contributed by atoms with E-state index in [9.17, 15) is 59.4 Å². The maximum atomic E-state index is 12.4. The molecule has 12 nitrogen and oxygen atoms in total. The van der Waals surface area contributed by atoms with Crippen molar-refractivity contribution < 1.29 is 59.4 Å². The molecule has 0 aliphatic rings. The summed E-state index contributed by atoms with van der Waals surface area (Å²) in [5.41, 5.74) is 6.24. The highest BCUT2D eigenvalue weighted by Crippen LogP contribution is 2.48. The van der Waals surface area contributed by atoms with Crippen LogP contribution < -0.4 is 0 Å². The molecule has 0 aliphatic carbocycles. The fourth-order valence-corrected chi connectivity index (χ4v) is 9.49. The molecule has 0 unspecified atom stereocenters. The molecule has 10 aromatic carbocycles. The van der Waals surface area contributed by atoms with Crippen LogP contribution in [0.1, 0.15) is 62.1 Å². The van der Waals surface area contributed by atoms with E-state index in [1.807, 2.05) is 36.4 Å². The van der Waals surface area contributed by atoms with Crippen molar-refractivity contribution >= 4 is 68.1 Å². The lowest BCUT2D eigenvalue weighted by atomic mass is 9.82. The van der Waals surface area contributed by atoms with Crippen molar-refractivity contribution in [1.29, 1.82) is 0 Å². The van der Waals surface area contributed by atoms with Gasteiger partial charge in [0, 0.05) is 0 Å². The summed E-state index contributed by atoms with van der Waals surface area (Å²) in [5.74, 6) is -7.00. The first-order chi connectivity index (χ1) is 34.6. The van der Waals surface area contributed by atoms with Crippen LogP contribution >= 0.6 is 0 Å². The lowest BCUT2D eigenvalue weighted by Gasteiger charge is -2.21. The molecule has 10 rings (SSSR count). The standard InChI is InChI=1S/C60H36O12/c61-55(62)37-13-1-7-31(19-37)43-25-49-50(26-44(43)32-8-2-14-38(20-32)56(63)64)52-28-46(34-10-4-16-40(22-34)58(67)68)48(36-12-6-18-42(24-36)60(71)72)30-54(52)53-29-47(35-11-5-17-41(23-35)59(69)70)45(27-51(49)53)33-9-3-15-39(21-33)57(65)66/h1-30H,(H,61,62)(H,63,64)(H,65,66)(H,67,68)(H,69,70)(H,71,72). The number of carboxylic acid groups (broad SMARTS) is 6. The van der Waals surface area contributed by atoms with E-state index in [-0.39, 0.29) is 33.4 Å². The summed E-state index contributed by atoms with van der Waals surface area (Å²) in [6.45, 7) is 0. The van der Waals surface area contributed by atoms with Crippen molar-refractivity contribution in [3.63, 3.8) is 0 Å². The highest BCUT2D eigenvalue weighted by atomic mass is 16.4. The van der Waals surface area contributed by atoms with Crippen LogP contribution in [0.2, 0.25) is 0 Å². The molecular formula is C60H36O12. The Morgan fingerprint density at radius 2 is 0.347 bits per heavy atom. The molecule has 0 atom stereocenters. The van der Waals surface area contributed by atoms with E-state index in [1.54, 1.807) is 72.8 Å². The van der Waals surface area contributed by atoms with Crippen LogP contribution in [0.25, 0.3) is 99.1 Å². The van der Waals surface area contributed by atoms with Gasteiger partial charge in [-0.1, -0.05) is 72.8 Å². The first-order valence-electron chi connectivity index (χ1n) is 22.2. The second kappa shape index (κ2) is 18.0. The van der Waals surface area contributed by atoms with Crippen LogP contribution in [0.4, 0.5) is 0 Å². The highest BCUT2D eigenvalue weighted by Gasteiger charge is 2.23. The van der Waals surface area contributed by atoms with Crippen LogP contribution in [0.3, 0.4) is 0 Å². The average Bonchev–Trinajstić information content (AvgIpc) is 3.40. The molecule has 0 fully saturated rings. The molecule has 12 heteroatoms. The van der Waals surface area contributed by atoms with Crippen molar-refractivity contribution in [2.45, 2.75) is 0 Å². The van der Waals surface area contributed by atoms with Gasteiger partial charge in [0.2, 0.25) is 0 Å². The molecule has 0 heterocycles. The molecule has 0 aliphatic heterocycles. The second-order valence-electron chi connectivity index (χ2n) is 17.1. The number of hydrogen-bond donors (Lipinski definition) is 6. The van der Waals surface area contributed by atoms with Gasteiger partial charge in [0.05, 0.1) is 33.4 Å². The van der Waals surface area contributed by atoms with E-state index < -0.39 is 35.8 Å². The fraction of sp³-hybridized carbons (Fsp3) is 0. The van der Waals surface area contributed by atoms with E-state index in [0.29, 0.717) is 99.1 Å². The van der Waals surface area contributed by atoms with Gasteiger partial charge >= 0.3 is 35.8 Å². The van der Waals surface area contributed by atoms with Gasteiger partial charge in [-0.05, 0) is 208 Å². The summed E-state index contributed by atoms with van der Waals surface area (Å²) in [5, 5.41) is 64.6. The minimum atomic E-state index is -1.17. The van der Waals surface area contributed by atoms with Gasteiger partial charge in [-0.3, -0.25) is 0 Å². The van der Waals surface area contributed by atoms with E-state index in [1.165, 1.54) is 72.8 Å². The minimum absolute atomic E-state index is 0.00256. The fourth-order valence-electron chi connectivity index (χ4n) is 9.49. The molecule has 0 saturated carbocycles. The maximum absolute atomic E-state index is 12.4. The Morgan fingerprint density at radius 1 is 0.208 bits per heavy atom. The van der Waals surface area contributed by atoms with E-state index >= 15 is 0 Å². The topological polar surface area (TPSA) is 224 Å². The van der Waals surface area contributed by atoms with Crippen molar-refractivity contribution in [3.8, 4) is 66.8 Å².